The molecule has 33 heavy (non-hydrogen) atoms. The number of hydrogen-bond acceptors (Lipinski definition) is 3. The smallest absolute Gasteiger partial charge is 0.325 e. The minimum Gasteiger partial charge on any atom is -0.334 e. The third kappa shape index (κ3) is 3.95. The summed E-state index contributed by atoms with van der Waals surface area (Å²) in [5.41, 5.74) is 0.220. The number of carbonyl (C=O) groups excluding carboxylic acids is 3. The zero-order chi connectivity index (χ0) is 23.2. The summed E-state index contributed by atoms with van der Waals surface area (Å²) in [5.74, 6) is -1.09. The Morgan fingerprint density at radius 1 is 1.06 bits per heavy atom. The predicted octanol–water partition coefficient (Wildman–Crippen LogP) is 3.94. The van der Waals surface area contributed by atoms with Crippen LogP contribution in [0.4, 0.5) is 9.18 Å². The molecular formula is C26H24FN3O3. The second kappa shape index (κ2) is 7.99. The molecule has 1 atom stereocenters. The van der Waals surface area contributed by atoms with Crippen LogP contribution in [0.1, 0.15) is 30.9 Å². The Balaban J connectivity index is 1.35. The zero-order valence-electron chi connectivity index (χ0n) is 18.3. The van der Waals surface area contributed by atoms with Crippen LogP contribution in [0.5, 0.6) is 0 Å². The van der Waals surface area contributed by atoms with Gasteiger partial charge in [-0.2, -0.15) is 0 Å². The van der Waals surface area contributed by atoms with Crippen LogP contribution in [0, 0.1) is 5.82 Å². The fourth-order valence-electron chi connectivity index (χ4n) is 4.36. The monoisotopic (exact) mass is 445 g/mol. The number of fused-ring (bicyclic) bond motifs is 1. The van der Waals surface area contributed by atoms with Gasteiger partial charge in [-0.25, -0.2) is 9.18 Å². The van der Waals surface area contributed by atoms with Crippen molar-refractivity contribution < 1.29 is 18.8 Å². The van der Waals surface area contributed by atoms with Crippen molar-refractivity contribution in [2.45, 2.75) is 37.9 Å². The van der Waals surface area contributed by atoms with Gasteiger partial charge in [0, 0.05) is 12.6 Å². The summed E-state index contributed by atoms with van der Waals surface area (Å²) < 4.78 is 13.2. The number of halogens is 1. The molecule has 1 N–H and O–H groups in total. The first-order chi connectivity index (χ1) is 15.8. The molecule has 4 amide bonds. The average Bonchev–Trinajstić information content (AvgIpc) is 3.63. The van der Waals surface area contributed by atoms with Crippen molar-refractivity contribution in [3.8, 4) is 0 Å². The van der Waals surface area contributed by atoms with Crippen LogP contribution in [0.2, 0.25) is 0 Å². The van der Waals surface area contributed by atoms with E-state index in [0.29, 0.717) is 12.1 Å². The molecule has 0 aromatic heterocycles. The molecule has 168 valence electrons. The summed E-state index contributed by atoms with van der Waals surface area (Å²) in [6.07, 6.45) is 1.75. The number of nitrogens with one attached hydrogen (secondary N) is 1. The van der Waals surface area contributed by atoms with Crippen LogP contribution in [0.25, 0.3) is 10.8 Å². The number of rotatable bonds is 6. The Kier molecular flexibility index (Phi) is 5.12. The Labute approximate surface area is 191 Å². The molecule has 6 nitrogen and oxygen atoms in total. The molecule has 7 heteroatoms. The minimum atomic E-state index is -1.25. The second-order valence-electron chi connectivity index (χ2n) is 8.89. The van der Waals surface area contributed by atoms with Crippen LogP contribution in [-0.4, -0.2) is 40.2 Å². The van der Waals surface area contributed by atoms with E-state index < -0.39 is 17.5 Å². The van der Waals surface area contributed by atoms with E-state index in [1.165, 1.54) is 12.1 Å². The molecule has 2 fully saturated rings. The van der Waals surface area contributed by atoms with Gasteiger partial charge in [0.1, 0.15) is 17.9 Å². The normalized spacial score (nSPS) is 20.2. The van der Waals surface area contributed by atoms with E-state index in [0.717, 1.165) is 34.1 Å². The van der Waals surface area contributed by atoms with Gasteiger partial charge in [0.05, 0.1) is 0 Å². The highest BCUT2D eigenvalue weighted by Crippen LogP contribution is 2.32. The minimum absolute atomic E-state index is 0.0789. The highest BCUT2D eigenvalue weighted by atomic mass is 19.1. The van der Waals surface area contributed by atoms with E-state index in [9.17, 15) is 18.8 Å². The van der Waals surface area contributed by atoms with Gasteiger partial charge in [-0.1, -0.05) is 48.5 Å². The Morgan fingerprint density at radius 2 is 1.76 bits per heavy atom. The lowest BCUT2D eigenvalue weighted by atomic mass is 9.90. The van der Waals surface area contributed by atoms with Gasteiger partial charge in [0.25, 0.3) is 5.91 Å². The van der Waals surface area contributed by atoms with Gasteiger partial charge in [0.15, 0.2) is 0 Å². The third-order valence-corrected chi connectivity index (χ3v) is 6.47. The van der Waals surface area contributed by atoms with Crippen molar-refractivity contribution in [1.82, 2.24) is 15.1 Å². The van der Waals surface area contributed by atoms with Crippen molar-refractivity contribution in [2.24, 2.45) is 0 Å². The van der Waals surface area contributed by atoms with Crippen LogP contribution >= 0.6 is 0 Å². The number of imide groups is 1. The molecule has 0 spiro atoms. The number of urea groups is 1. The van der Waals surface area contributed by atoms with Crippen LogP contribution < -0.4 is 5.32 Å². The first kappa shape index (κ1) is 21.1. The van der Waals surface area contributed by atoms with Crippen molar-refractivity contribution in [1.29, 1.82) is 0 Å². The van der Waals surface area contributed by atoms with Gasteiger partial charge in [0.2, 0.25) is 5.91 Å². The number of nitrogens with zero attached hydrogens (tertiary/aromatic N) is 2. The fourth-order valence-corrected chi connectivity index (χ4v) is 4.36. The summed E-state index contributed by atoms with van der Waals surface area (Å²) >= 11 is 0. The van der Waals surface area contributed by atoms with E-state index >= 15 is 0 Å². The first-order valence-corrected chi connectivity index (χ1v) is 11.0. The van der Waals surface area contributed by atoms with Crippen LogP contribution in [0.3, 0.4) is 0 Å². The molecule has 1 heterocycles. The van der Waals surface area contributed by atoms with Crippen LogP contribution in [-0.2, 0) is 21.7 Å². The van der Waals surface area contributed by atoms with Crippen molar-refractivity contribution in [2.75, 3.05) is 6.54 Å². The topological polar surface area (TPSA) is 69.7 Å². The zero-order valence-corrected chi connectivity index (χ0v) is 18.3. The maximum absolute atomic E-state index is 13.3. The quantitative estimate of drug-likeness (QED) is 0.585. The summed E-state index contributed by atoms with van der Waals surface area (Å²) in [6, 6.07) is 18.9. The van der Waals surface area contributed by atoms with E-state index in [1.807, 2.05) is 42.5 Å². The fraction of sp³-hybridized carbons (Fsp3) is 0.269. The molecule has 1 aliphatic carbocycles. The van der Waals surface area contributed by atoms with Gasteiger partial charge < -0.3 is 10.2 Å². The van der Waals surface area contributed by atoms with Gasteiger partial charge >= 0.3 is 6.03 Å². The molecule has 0 bridgehead atoms. The predicted molar refractivity (Wildman–Crippen MR) is 122 cm³/mol. The Morgan fingerprint density at radius 3 is 2.45 bits per heavy atom. The van der Waals surface area contributed by atoms with Crippen molar-refractivity contribution in [3.05, 3.63) is 83.7 Å². The molecule has 3 aromatic carbocycles. The molecule has 5 rings (SSSR count). The highest BCUT2D eigenvalue weighted by Gasteiger charge is 2.50. The van der Waals surface area contributed by atoms with E-state index in [2.05, 4.69) is 5.32 Å². The average molecular weight is 445 g/mol. The van der Waals surface area contributed by atoms with Gasteiger partial charge in [-0.3, -0.25) is 14.5 Å². The lowest BCUT2D eigenvalue weighted by Crippen LogP contribution is -2.45. The molecular weight excluding hydrogens is 421 g/mol. The maximum Gasteiger partial charge on any atom is 0.325 e. The number of hydrogen-bond donors (Lipinski definition) is 1. The second-order valence-corrected chi connectivity index (χ2v) is 8.89. The molecule has 2 aliphatic rings. The first-order valence-electron chi connectivity index (χ1n) is 11.0. The summed E-state index contributed by atoms with van der Waals surface area (Å²) in [6.45, 7) is 1.65. The lowest BCUT2D eigenvalue weighted by molar-refractivity contribution is -0.139. The van der Waals surface area contributed by atoms with Crippen molar-refractivity contribution >= 4 is 28.6 Å². The summed E-state index contributed by atoms with van der Waals surface area (Å²) in [4.78, 5) is 41.9. The van der Waals surface area contributed by atoms with Crippen LogP contribution in [0.15, 0.2) is 66.7 Å². The van der Waals surface area contributed by atoms with E-state index in [4.69, 9.17) is 0 Å². The SMILES string of the molecule is CC1(c2ccc3ccccc3c2)NC(=O)N(CC(=O)N(Cc2ccc(F)cc2)C2CC2)C1=O. The lowest BCUT2D eigenvalue weighted by Gasteiger charge is -2.26. The number of carbonyl (C=O) groups is 3. The molecule has 3 aromatic rings. The molecule has 1 saturated heterocycles. The standard InChI is InChI=1S/C26H24FN3O3/c1-26(20-9-8-18-4-2-3-5-19(18)14-20)24(32)30(25(33)28-26)16-23(31)29(22-12-13-22)15-17-6-10-21(27)11-7-17/h2-11,14,22H,12-13,15-16H2,1H3,(H,28,33). The third-order valence-electron chi connectivity index (χ3n) is 6.47. The summed E-state index contributed by atoms with van der Waals surface area (Å²) in [5, 5.41) is 4.78. The van der Waals surface area contributed by atoms with Gasteiger partial charge in [-0.05, 0) is 59.9 Å². The maximum atomic E-state index is 13.3. The highest BCUT2D eigenvalue weighted by molar-refractivity contribution is 6.09. The Hall–Kier alpha value is -3.74. The Bertz CT molecular complexity index is 1260. The van der Waals surface area contributed by atoms with Gasteiger partial charge in [-0.15, -0.1) is 0 Å². The molecule has 1 aliphatic heterocycles. The molecule has 1 saturated carbocycles. The van der Waals surface area contributed by atoms with Crippen molar-refractivity contribution in [3.63, 3.8) is 0 Å². The van der Waals surface area contributed by atoms with E-state index in [1.54, 1.807) is 24.0 Å². The van der Waals surface area contributed by atoms with E-state index in [-0.39, 0.29) is 24.3 Å². The number of amides is 4. The molecule has 0 radical (unpaired) electrons. The number of benzene rings is 3. The largest absolute Gasteiger partial charge is 0.334 e. The summed E-state index contributed by atoms with van der Waals surface area (Å²) in [7, 11) is 0. The molecule has 1 unspecified atom stereocenters.